The highest BCUT2D eigenvalue weighted by Crippen LogP contribution is 2.12. The maximum absolute atomic E-state index is 10.7. The van der Waals surface area contributed by atoms with E-state index in [0.29, 0.717) is 5.57 Å². The van der Waals surface area contributed by atoms with Gasteiger partial charge in [0, 0.05) is 23.7 Å². The van der Waals surface area contributed by atoms with Gasteiger partial charge in [-0.25, -0.2) is 9.78 Å². The number of hydrogen-bond acceptors (Lipinski definition) is 2. The normalized spacial score (nSPS) is 11.5. The number of nitrogens with zero attached hydrogens (tertiary/aromatic N) is 2. The number of imidazole rings is 1. The number of benzene rings is 1. The van der Waals surface area contributed by atoms with E-state index < -0.39 is 5.97 Å². The van der Waals surface area contributed by atoms with Gasteiger partial charge in [0.2, 0.25) is 0 Å². The average molecular weight is 228 g/mol. The summed E-state index contributed by atoms with van der Waals surface area (Å²) in [4.78, 5) is 14.6. The second kappa shape index (κ2) is 4.65. The summed E-state index contributed by atoms with van der Waals surface area (Å²) in [6.45, 7) is 1.58. The van der Waals surface area contributed by atoms with Crippen LogP contribution in [0.1, 0.15) is 12.5 Å². The molecule has 4 nitrogen and oxygen atoms in total. The van der Waals surface area contributed by atoms with Crippen LogP contribution in [0, 0.1) is 0 Å². The third-order valence-electron chi connectivity index (χ3n) is 2.42. The molecular weight excluding hydrogens is 216 g/mol. The molecule has 17 heavy (non-hydrogen) atoms. The Morgan fingerprint density at radius 1 is 1.35 bits per heavy atom. The maximum Gasteiger partial charge on any atom is 0.331 e. The zero-order valence-corrected chi connectivity index (χ0v) is 9.37. The van der Waals surface area contributed by atoms with Crippen LogP contribution in [0.15, 0.2) is 48.6 Å². The van der Waals surface area contributed by atoms with E-state index >= 15 is 0 Å². The average Bonchev–Trinajstić information content (AvgIpc) is 2.83. The molecule has 0 aliphatic heterocycles. The van der Waals surface area contributed by atoms with Crippen LogP contribution < -0.4 is 0 Å². The number of aromatic nitrogens is 2. The minimum absolute atomic E-state index is 0.320. The van der Waals surface area contributed by atoms with Crippen molar-refractivity contribution in [1.29, 1.82) is 0 Å². The molecule has 4 heteroatoms. The van der Waals surface area contributed by atoms with Gasteiger partial charge in [-0.05, 0) is 30.7 Å². The largest absolute Gasteiger partial charge is 0.478 e. The highest BCUT2D eigenvalue weighted by molar-refractivity contribution is 5.91. The summed E-state index contributed by atoms with van der Waals surface area (Å²) in [7, 11) is 0. The van der Waals surface area contributed by atoms with Gasteiger partial charge >= 0.3 is 5.97 Å². The Bertz CT molecular complexity index is 539. The lowest BCUT2D eigenvalue weighted by Gasteiger charge is -2.02. The summed E-state index contributed by atoms with van der Waals surface area (Å²) in [5.41, 5.74) is 2.18. The van der Waals surface area contributed by atoms with E-state index in [1.54, 1.807) is 25.5 Å². The Kier molecular flexibility index (Phi) is 3.05. The van der Waals surface area contributed by atoms with Crippen LogP contribution in [0.25, 0.3) is 11.8 Å². The summed E-state index contributed by atoms with van der Waals surface area (Å²) < 4.78 is 1.89. The van der Waals surface area contributed by atoms with Crippen molar-refractivity contribution in [1.82, 2.24) is 9.55 Å². The zero-order valence-electron chi connectivity index (χ0n) is 9.37. The van der Waals surface area contributed by atoms with E-state index in [0.717, 1.165) is 11.3 Å². The van der Waals surface area contributed by atoms with Crippen molar-refractivity contribution in [3.8, 4) is 5.69 Å². The highest BCUT2D eigenvalue weighted by Gasteiger charge is 2.00. The molecule has 0 bridgehead atoms. The molecule has 0 atom stereocenters. The third kappa shape index (κ3) is 2.60. The maximum atomic E-state index is 10.7. The quantitative estimate of drug-likeness (QED) is 0.820. The molecular formula is C13H12N2O2. The molecule has 0 radical (unpaired) electrons. The molecule has 1 aromatic heterocycles. The van der Waals surface area contributed by atoms with Crippen LogP contribution in [0.2, 0.25) is 0 Å². The molecule has 86 valence electrons. The molecule has 0 fully saturated rings. The smallest absolute Gasteiger partial charge is 0.331 e. The SMILES string of the molecule is CC(=Cc1ccc(-n2ccnc2)cc1)C(=O)O. The molecule has 1 N–H and O–H groups in total. The predicted octanol–water partition coefficient (Wildman–Crippen LogP) is 2.36. The molecule has 0 aliphatic carbocycles. The van der Waals surface area contributed by atoms with Crippen LogP contribution in [-0.4, -0.2) is 20.6 Å². The van der Waals surface area contributed by atoms with Crippen molar-refractivity contribution >= 4 is 12.0 Å². The van der Waals surface area contributed by atoms with E-state index in [2.05, 4.69) is 4.98 Å². The number of aliphatic carboxylic acids is 1. The second-order valence-electron chi connectivity index (χ2n) is 3.69. The number of hydrogen-bond donors (Lipinski definition) is 1. The summed E-state index contributed by atoms with van der Waals surface area (Å²) in [5.74, 6) is -0.899. The first-order valence-electron chi connectivity index (χ1n) is 5.17. The van der Waals surface area contributed by atoms with E-state index in [-0.39, 0.29) is 0 Å². The van der Waals surface area contributed by atoms with Crippen LogP contribution in [-0.2, 0) is 4.79 Å². The molecule has 2 aromatic rings. The van der Waals surface area contributed by atoms with Gasteiger partial charge in [0.15, 0.2) is 0 Å². The number of carboxylic acid groups (broad SMARTS) is 1. The molecule has 0 amide bonds. The van der Waals surface area contributed by atoms with Crippen molar-refractivity contribution in [3.05, 3.63) is 54.1 Å². The predicted molar refractivity (Wildman–Crippen MR) is 64.9 cm³/mol. The first-order chi connectivity index (χ1) is 8.16. The Morgan fingerprint density at radius 3 is 2.59 bits per heavy atom. The topological polar surface area (TPSA) is 55.1 Å². The van der Waals surface area contributed by atoms with Crippen LogP contribution in [0.3, 0.4) is 0 Å². The summed E-state index contributed by atoms with van der Waals surface area (Å²) in [6, 6.07) is 7.59. The van der Waals surface area contributed by atoms with Gasteiger partial charge in [-0.15, -0.1) is 0 Å². The van der Waals surface area contributed by atoms with Gasteiger partial charge in [0.1, 0.15) is 0 Å². The van der Waals surface area contributed by atoms with Crippen molar-refractivity contribution in [2.24, 2.45) is 0 Å². The fourth-order valence-corrected chi connectivity index (χ4v) is 1.47. The van der Waals surface area contributed by atoms with Gasteiger partial charge in [-0.1, -0.05) is 12.1 Å². The fourth-order valence-electron chi connectivity index (χ4n) is 1.47. The van der Waals surface area contributed by atoms with Crippen LogP contribution in [0.4, 0.5) is 0 Å². The minimum Gasteiger partial charge on any atom is -0.478 e. The van der Waals surface area contributed by atoms with Crippen molar-refractivity contribution < 1.29 is 9.90 Å². The van der Waals surface area contributed by atoms with Crippen LogP contribution >= 0.6 is 0 Å². The van der Waals surface area contributed by atoms with E-state index in [1.165, 1.54) is 0 Å². The minimum atomic E-state index is -0.899. The Balaban J connectivity index is 2.25. The molecule has 0 spiro atoms. The van der Waals surface area contributed by atoms with Gasteiger partial charge in [0.25, 0.3) is 0 Å². The number of carboxylic acids is 1. The van der Waals surface area contributed by atoms with Gasteiger partial charge in [0.05, 0.1) is 6.33 Å². The molecule has 2 rings (SSSR count). The lowest BCUT2D eigenvalue weighted by Crippen LogP contribution is -1.95. The lowest BCUT2D eigenvalue weighted by atomic mass is 10.1. The van der Waals surface area contributed by atoms with E-state index in [1.807, 2.05) is 35.0 Å². The van der Waals surface area contributed by atoms with Gasteiger partial charge in [-0.2, -0.15) is 0 Å². The Hall–Kier alpha value is -2.36. The zero-order chi connectivity index (χ0) is 12.3. The summed E-state index contributed by atoms with van der Waals surface area (Å²) in [6.07, 6.45) is 6.92. The van der Waals surface area contributed by atoms with Crippen molar-refractivity contribution in [3.63, 3.8) is 0 Å². The third-order valence-corrected chi connectivity index (χ3v) is 2.42. The Morgan fingerprint density at radius 2 is 2.06 bits per heavy atom. The highest BCUT2D eigenvalue weighted by atomic mass is 16.4. The Labute approximate surface area is 98.9 Å². The molecule has 0 aliphatic rings. The summed E-state index contributed by atoms with van der Waals surface area (Å²) >= 11 is 0. The molecule has 0 unspecified atom stereocenters. The first-order valence-corrected chi connectivity index (χ1v) is 5.17. The lowest BCUT2D eigenvalue weighted by molar-refractivity contribution is -0.132. The second-order valence-corrected chi connectivity index (χ2v) is 3.69. The van der Waals surface area contributed by atoms with Crippen molar-refractivity contribution in [2.75, 3.05) is 0 Å². The molecule has 0 saturated heterocycles. The van der Waals surface area contributed by atoms with Gasteiger partial charge in [-0.3, -0.25) is 0 Å². The molecule has 0 saturated carbocycles. The van der Waals surface area contributed by atoms with E-state index in [4.69, 9.17) is 5.11 Å². The molecule has 1 heterocycles. The van der Waals surface area contributed by atoms with Gasteiger partial charge < -0.3 is 9.67 Å². The standard InChI is InChI=1S/C13H12N2O2/c1-10(13(16)17)8-11-2-4-12(5-3-11)15-7-6-14-9-15/h2-9H,1H3,(H,16,17). The van der Waals surface area contributed by atoms with E-state index in [9.17, 15) is 4.79 Å². The monoisotopic (exact) mass is 228 g/mol. The molecule has 1 aromatic carbocycles. The fraction of sp³-hybridized carbons (Fsp3) is 0.0769. The summed E-state index contributed by atoms with van der Waals surface area (Å²) in [5, 5.41) is 8.77. The van der Waals surface area contributed by atoms with Crippen molar-refractivity contribution in [2.45, 2.75) is 6.92 Å². The number of carbonyl (C=O) groups is 1. The first kappa shape index (κ1) is 11.1. The number of rotatable bonds is 3. The van der Waals surface area contributed by atoms with Crippen LogP contribution in [0.5, 0.6) is 0 Å².